The smallest absolute Gasteiger partial charge is 0.125 e. The Kier molecular flexibility index (Phi) is 3.48. The number of rotatable bonds is 3. The lowest BCUT2D eigenvalue weighted by molar-refractivity contribution is 0.345. The third-order valence-corrected chi connectivity index (χ3v) is 4.91. The molecule has 1 fully saturated rings. The molecule has 1 heterocycles. The average molecular weight is 280 g/mol. The second kappa shape index (κ2) is 4.99. The highest BCUT2D eigenvalue weighted by atomic mass is 35.5. The van der Waals surface area contributed by atoms with E-state index in [2.05, 4.69) is 6.92 Å². The maximum atomic E-state index is 6.60. The molecule has 1 aliphatic heterocycles. The van der Waals surface area contributed by atoms with Crippen molar-refractivity contribution in [2.24, 2.45) is 11.7 Å². The summed E-state index contributed by atoms with van der Waals surface area (Å²) in [5.41, 5.74) is 8.99. The average Bonchev–Trinajstić information content (AvgIpc) is 2.95. The van der Waals surface area contributed by atoms with Gasteiger partial charge in [-0.15, -0.1) is 0 Å². The summed E-state index contributed by atoms with van der Waals surface area (Å²) in [5, 5.41) is 0.813. The van der Waals surface area contributed by atoms with Crippen molar-refractivity contribution in [2.75, 3.05) is 6.61 Å². The van der Waals surface area contributed by atoms with E-state index in [0.717, 1.165) is 49.0 Å². The lowest BCUT2D eigenvalue weighted by atomic mass is 9.88. The fraction of sp³-hybridized carbons (Fsp3) is 0.625. The van der Waals surface area contributed by atoms with Gasteiger partial charge < -0.3 is 10.5 Å². The number of ether oxygens (including phenoxy) is 1. The molecule has 0 aromatic heterocycles. The topological polar surface area (TPSA) is 35.2 Å². The van der Waals surface area contributed by atoms with E-state index in [4.69, 9.17) is 22.1 Å². The fourth-order valence-corrected chi connectivity index (χ4v) is 3.90. The number of benzene rings is 1. The maximum Gasteiger partial charge on any atom is 0.125 e. The Hall–Kier alpha value is -0.730. The van der Waals surface area contributed by atoms with Gasteiger partial charge in [-0.1, -0.05) is 24.9 Å². The highest BCUT2D eigenvalue weighted by Crippen LogP contribution is 2.40. The zero-order valence-electron chi connectivity index (χ0n) is 11.5. The summed E-state index contributed by atoms with van der Waals surface area (Å²) in [4.78, 5) is 0. The number of fused-ring (bicyclic) bond motifs is 1. The minimum absolute atomic E-state index is 0.0644. The van der Waals surface area contributed by atoms with E-state index in [-0.39, 0.29) is 5.54 Å². The van der Waals surface area contributed by atoms with Crippen molar-refractivity contribution < 1.29 is 4.74 Å². The van der Waals surface area contributed by atoms with Crippen LogP contribution in [-0.2, 0) is 12.8 Å². The summed E-state index contributed by atoms with van der Waals surface area (Å²) in [7, 11) is 0. The summed E-state index contributed by atoms with van der Waals surface area (Å²) < 4.78 is 5.78. The van der Waals surface area contributed by atoms with Gasteiger partial charge in [0.2, 0.25) is 0 Å². The van der Waals surface area contributed by atoms with E-state index in [1.807, 2.05) is 12.1 Å². The molecule has 2 unspecified atom stereocenters. The van der Waals surface area contributed by atoms with Gasteiger partial charge in [-0.25, -0.2) is 0 Å². The predicted octanol–water partition coefficient (Wildman–Crippen LogP) is 3.73. The van der Waals surface area contributed by atoms with Gasteiger partial charge >= 0.3 is 0 Å². The number of halogens is 1. The summed E-state index contributed by atoms with van der Waals surface area (Å²) >= 11 is 6.22. The molecule has 2 N–H and O–H groups in total. The molecule has 1 aromatic rings. The van der Waals surface area contributed by atoms with Gasteiger partial charge in [-0.05, 0) is 54.9 Å². The lowest BCUT2D eigenvalue weighted by Crippen LogP contribution is -2.39. The number of nitrogens with two attached hydrogens (primary N) is 1. The predicted molar refractivity (Wildman–Crippen MR) is 78.9 cm³/mol. The van der Waals surface area contributed by atoms with Gasteiger partial charge in [0, 0.05) is 17.0 Å². The molecule has 0 spiro atoms. The molecule has 19 heavy (non-hydrogen) atoms. The van der Waals surface area contributed by atoms with Crippen LogP contribution in [0.15, 0.2) is 12.1 Å². The summed E-state index contributed by atoms with van der Waals surface area (Å²) in [6.45, 7) is 3.04. The highest BCUT2D eigenvalue weighted by molar-refractivity contribution is 6.30. The molecule has 1 aliphatic carbocycles. The van der Waals surface area contributed by atoms with Gasteiger partial charge in [-0.3, -0.25) is 0 Å². The normalized spacial score (nSPS) is 29.3. The first-order chi connectivity index (χ1) is 9.09. The fourth-order valence-electron chi connectivity index (χ4n) is 3.64. The summed E-state index contributed by atoms with van der Waals surface area (Å²) in [5.74, 6) is 1.84. The number of hydrogen-bond acceptors (Lipinski definition) is 2. The SMILES string of the molecule is CCC1CCC(N)(Cc2cc(Cl)cc3c2OCC3)C1. The zero-order chi connectivity index (χ0) is 13.5. The van der Waals surface area contributed by atoms with Crippen LogP contribution >= 0.6 is 11.6 Å². The highest BCUT2D eigenvalue weighted by Gasteiger charge is 2.36. The van der Waals surface area contributed by atoms with E-state index in [0.29, 0.717) is 0 Å². The van der Waals surface area contributed by atoms with E-state index >= 15 is 0 Å². The Morgan fingerprint density at radius 1 is 1.47 bits per heavy atom. The first-order valence-electron chi connectivity index (χ1n) is 7.32. The number of hydrogen-bond donors (Lipinski definition) is 1. The van der Waals surface area contributed by atoms with Crippen LogP contribution in [0, 0.1) is 5.92 Å². The molecule has 1 aromatic carbocycles. The summed E-state index contributed by atoms with van der Waals surface area (Å²) in [6.07, 6.45) is 6.61. The van der Waals surface area contributed by atoms with Gasteiger partial charge in [-0.2, -0.15) is 0 Å². The molecular formula is C16H22ClNO. The first-order valence-corrected chi connectivity index (χ1v) is 7.70. The Labute approximate surface area is 120 Å². The molecule has 0 radical (unpaired) electrons. The standard InChI is InChI=1S/C16H22ClNO/c1-2-11-3-5-16(18,9-11)10-13-8-14(17)7-12-4-6-19-15(12)13/h7-8,11H,2-6,9-10,18H2,1H3. The molecule has 2 nitrogen and oxygen atoms in total. The molecule has 0 saturated heterocycles. The van der Waals surface area contributed by atoms with Crippen molar-refractivity contribution in [2.45, 2.75) is 51.0 Å². The minimum atomic E-state index is -0.0644. The van der Waals surface area contributed by atoms with Gasteiger partial charge in [0.25, 0.3) is 0 Å². The molecule has 3 rings (SSSR count). The van der Waals surface area contributed by atoms with Crippen LogP contribution < -0.4 is 10.5 Å². The van der Waals surface area contributed by atoms with E-state index in [1.54, 1.807) is 0 Å². The van der Waals surface area contributed by atoms with Crippen molar-refractivity contribution in [3.05, 3.63) is 28.3 Å². The Morgan fingerprint density at radius 3 is 3.05 bits per heavy atom. The zero-order valence-corrected chi connectivity index (χ0v) is 12.3. The molecule has 2 aliphatic rings. The van der Waals surface area contributed by atoms with E-state index in [9.17, 15) is 0 Å². The molecule has 0 amide bonds. The van der Waals surface area contributed by atoms with Crippen LogP contribution in [0.4, 0.5) is 0 Å². The van der Waals surface area contributed by atoms with Crippen molar-refractivity contribution in [1.29, 1.82) is 0 Å². The Morgan fingerprint density at radius 2 is 2.32 bits per heavy atom. The molecular weight excluding hydrogens is 258 g/mol. The molecule has 104 valence electrons. The van der Waals surface area contributed by atoms with E-state index < -0.39 is 0 Å². The third-order valence-electron chi connectivity index (χ3n) is 4.69. The lowest BCUT2D eigenvalue weighted by Gasteiger charge is -2.25. The van der Waals surface area contributed by atoms with Gasteiger partial charge in [0.15, 0.2) is 0 Å². The molecule has 1 saturated carbocycles. The minimum Gasteiger partial charge on any atom is -0.493 e. The quantitative estimate of drug-likeness (QED) is 0.915. The van der Waals surface area contributed by atoms with Crippen LogP contribution in [0.25, 0.3) is 0 Å². The van der Waals surface area contributed by atoms with Crippen molar-refractivity contribution >= 4 is 11.6 Å². The van der Waals surface area contributed by atoms with Crippen LogP contribution in [0.2, 0.25) is 5.02 Å². The van der Waals surface area contributed by atoms with Gasteiger partial charge in [0.1, 0.15) is 5.75 Å². The Bertz CT molecular complexity index is 488. The largest absolute Gasteiger partial charge is 0.493 e. The Balaban J connectivity index is 1.84. The second-order valence-corrected chi connectivity index (χ2v) is 6.64. The summed E-state index contributed by atoms with van der Waals surface area (Å²) in [6, 6.07) is 4.07. The monoisotopic (exact) mass is 279 g/mol. The second-order valence-electron chi connectivity index (χ2n) is 6.21. The van der Waals surface area contributed by atoms with Crippen LogP contribution in [-0.4, -0.2) is 12.1 Å². The molecule has 3 heteroatoms. The third kappa shape index (κ3) is 2.61. The van der Waals surface area contributed by atoms with Gasteiger partial charge in [0.05, 0.1) is 6.61 Å². The van der Waals surface area contributed by atoms with Crippen molar-refractivity contribution in [3.63, 3.8) is 0 Å². The maximum absolute atomic E-state index is 6.60. The van der Waals surface area contributed by atoms with Crippen molar-refractivity contribution in [1.82, 2.24) is 0 Å². The first kappa shape index (κ1) is 13.3. The van der Waals surface area contributed by atoms with E-state index in [1.165, 1.54) is 24.0 Å². The van der Waals surface area contributed by atoms with Crippen LogP contribution in [0.1, 0.15) is 43.7 Å². The van der Waals surface area contributed by atoms with Crippen molar-refractivity contribution in [3.8, 4) is 5.75 Å². The molecule has 2 atom stereocenters. The molecule has 0 bridgehead atoms. The van der Waals surface area contributed by atoms with Crippen LogP contribution in [0.3, 0.4) is 0 Å². The van der Waals surface area contributed by atoms with Crippen LogP contribution in [0.5, 0.6) is 5.75 Å².